The Morgan fingerprint density at radius 3 is 1.69 bits per heavy atom. The van der Waals surface area contributed by atoms with E-state index in [4.69, 9.17) is 4.42 Å². The molecule has 16 heavy (non-hydrogen) atoms. The van der Waals surface area contributed by atoms with E-state index in [-0.39, 0.29) is 35.0 Å². The molecule has 0 saturated carbocycles. The fourth-order valence-electron chi connectivity index (χ4n) is 1.75. The van der Waals surface area contributed by atoms with Gasteiger partial charge >= 0.3 is 0 Å². The molecule has 3 aromatic rings. The molecular formula is C13H8NaO2. The minimum atomic E-state index is 0. The number of para-hydroxylation sites is 2. The van der Waals surface area contributed by atoms with E-state index in [0.717, 1.165) is 0 Å². The van der Waals surface area contributed by atoms with Crippen LogP contribution in [0.5, 0.6) is 0 Å². The van der Waals surface area contributed by atoms with E-state index in [1.807, 2.05) is 36.4 Å². The van der Waals surface area contributed by atoms with Gasteiger partial charge in [0.2, 0.25) is 5.43 Å². The van der Waals surface area contributed by atoms with E-state index in [1.54, 1.807) is 12.1 Å². The predicted molar refractivity (Wildman–Crippen MR) is 65.7 cm³/mol. The van der Waals surface area contributed by atoms with Crippen molar-refractivity contribution in [1.29, 1.82) is 0 Å². The number of benzene rings is 2. The van der Waals surface area contributed by atoms with Crippen LogP contribution < -0.4 is 5.43 Å². The Morgan fingerprint density at radius 1 is 0.750 bits per heavy atom. The Balaban J connectivity index is 0.000000963. The number of rotatable bonds is 0. The van der Waals surface area contributed by atoms with Crippen molar-refractivity contribution in [3.63, 3.8) is 0 Å². The van der Waals surface area contributed by atoms with Crippen LogP contribution in [-0.4, -0.2) is 29.6 Å². The summed E-state index contributed by atoms with van der Waals surface area (Å²) in [4.78, 5) is 12.0. The van der Waals surface area contributed by atoms with Gasteiger partial charge in [-0.05, 0) is 24.3 Å². The van der Waals surface area contributed by atoms with Crippen LogP contribution in [0.2, 0.25) is 0 Å². The maximum absolute atomic E-state index is 12.0. The summed E-state index contributed by atoms with van der Waals surface area (Å²) in [6.45, 7) is 0. The molecule has 0 saturated heterocycles. The number of hydrogen-bond donors (Lipinski definition) is 0. The second kappa shape index (κ2) is 4.42. The average molecular weight is 219 g/mol. The Bertz CT molecular complexity index is 644. The van der Waals surface area contributed by atoms with Crippen LogP contribution >= 0.6 is 0 Å². The smallest absolute Gasteiger partial charge is 0.200 e. The molecule has 0 fully saturated rings. The van der Waals surface area contributed by atoms with Crippen molar-refractivity contribution < 1.29 is 4.42 Å². The molecule has 0 unspecified atom stereocenters. The predicted octanol–water partition coefficient (Wildman–Crippen LogP) is 2.57. The van der Waals surface area contributed by atoms with Crippen molar-refractivity contribution in [3.05, 3.63) is 58.8 Å². The minimum absolute atomic E-state index is 0. The standard InChI is InChI=1S/C13H8O2.Na/c14-13-9-5-1-3-7-11(9)15-12-8-4-2-6-10(12)13;/h1-8H;. The largest absolute Gasteiger partial charge is 0.456 e. The van der Waals surface area contributed by atoms with Gasteiger partial charge in [-0.15, -0.1) is 0 Å². The summed E-state index contributed by atoms with van der Waals surface area (Å²) in [6, 6.07) is 14.6. The third-order valence-corrected chi connectivity index (χ3v) is 2.48. The van der Waals surface area contributed by atoms with Crippen LogP contribution in [0.3, 0.4) is 0 Å². The topological polar surface area (TPSA) is 30.2 Å². The normalized spacial score (nSPS) is 10.2. The third kappa shape index (κ3) is 1.69. The van der Waals surface area contributed by atoms with Gasteiger partial charge in [-0.2, -0.15) is 0 Å². The number of fused-ring (bicyclic) bond motifs is 2. The second-order valence-corrected chi connectivity index (χ2v) is 3.42. The van der Waals surface area contributed by atoms with Crippen LogP contribution in [0.1, 0.15) is 0 Å². The summed E-state index contributed by atoms with van der Waals surface area (Å²) >= 11 is 0. The fraction of sp³-hybridized carbons (Fsp3) is 0. The molecule has 73 valence electrons. The van der Waals surface area contributed by atoms with Crippen molar-refractivity contribution in [1.82, 2.24) is 0 Å². The van der Waals surface area contributed by atoms with Gasteiger partial charge in [-0.1, -0.05) is 24.3 Å². The summed E-state index contributed by atoms with van der Waals surface area (Å²) in [5.41, 5.74) is 1.31. The first-order chi connectivity index (χ1) is 7.36. The second-order valence-electron chi connectivity index (χ2n) is 3.42. The van der Waals surface area contributed by atoms with E-state index in [2.05, 4.69) is 0 Å². The van der Waals surface area contributed by atoms with Gasteiger partial charge in [0.1, 0.15) is 11.2 Å². The van der Waals surface area contributed by atoms with Gasteiger partial charge in [0.05, 0.1) is 10.8 Å². The Morgan fingerprint density at radius 2 is 1.19 bits per heavy atom. The SMILES string of the molecule is O=c1c2ccccc2oc2ccccc12.[Na]. The zero-order valence-corrected chi connectivity index (χ0v) is 10.9. The zero-order valence-electron chi connectivity index (χ0n) is 8.94. The Hall–Kier alpha value is -1.09. The molecule has 1 radical (unpaired) electrons. The molecule has 0 amide bonds. The molecular weight excluding hydrogens is 211 g/mol. The molecule has 0 aliphatic heterocycles. The van der Waals surface area contributed by atoms with E-state index in [9.17, 15) is 4.79 Å². The van der Waals surface area contributed by atoms with Crippen molar-refractivity contribution >= 4 is 51.5 Å². The molecule has 0 N–H and O–H groups in total. The maximum Gasteiger partial charge on any atom is 0.200 e. The third-order valence-electron chi connectivity index (χ3n) is 2.48. The Kier molecular flexibility index (Phi) is 3.15. The van der Waals surface area contributed by atoms with Crippen LogP contribution in [-0.2, 0) is 0 Å². The van der Waals surface area contributed by atoms with Gasteiger partial charge in [0.15, 0.2) is 0 Å². The van der Waals surface area contributed by atoms with Gasteiger partial charge in [0.25, 0.3) is 0 Å². The Labute approximate surface area is 114 Å². The first kappa shape index (κ1) is 11.4. The summed E-state index contributed by atoms with van der Waals surface area (Å²) in [7, 11) is 0. The number of hydrogen-bond acceptors (Lipinski definition) is 2. The van der Waals surface area contributed by atoms with Crippen LogP contribution in [0.15, 0.2) is 57.7 Å². The quantitative estimate of drug-likeness (QED) is 0.429. The molecule has 3 rings (SSSR count). The fourth-order valence-corrected chi connectivity index (χ4v) is 1.75. The monoisotopic (exact) mass is 219 g/mol. The molecule has 0 aliphatic carbocycles. The molecule has 2 nitrogen and oxygen atoms in total. The van der Waals surface area contributed by atoms with E-state index in [1.165, 1.54) is 0 Å². The molecule has 0 spiro atoms. The summed E-state index contributed by atoms with van der Waals surface area (Å²) in [6.07, 6.45) is 0. The van der Waals surface area contributed by atoms with Crippen molar-refractivity contribution in [2.45, 2.75) is 0 Å². The van der Waals surface area contributed by atoms with Crippen LogP contribution in [0, 0.1) is 0 Å². The maximum atomic E-state index is 12.0. The van der Waals surface area contributed by atoms with Gasteiger partial charge < -0.3 is 4.42 Å². The van der Waals surface area contributed by atoms with Gasteiger partial charge in [-0.3, -0.25) is 4.79 Å². The molecule has 1 aromatic heterocycles. The van der Waals surface area contributed by atoms with Crippen molar-refractivity contribution in [2.24, 2.45) is 0 Å². The average Bonchev–Trinajstić information content (AvgIpc) is 2.30. The van der Waals surface area contributed by atoms with Crippen LogP contribution in [0.4, 0.5) is 0 Å². The van der Waals surface area contributed by atoms with E-state index in [0.29, 0.717) is 21.9 Å². The molecule has 0 aliphatic rings. The van der Waals surface area contributed by atoms with Crippen molar-refractivity contribution in [3.8, 4) is 0 Å². The summed E-state index contributed by atoms with van der Waals surface area (Å²) < 4.78 is 5.63. The van der Waals surface area contributed by atoms with Crippen LogP contribution in [0.25, 0.3) is 21.9 Å². The van der Waals surface area contributed by atoms with E-state index < -0.39 is 0 Å². The summed E-state index contributed by atoms with van der Waals surface area (Å²) in [5, 5.41) is 1.27. The van der Waals surface area contributed by atoms with Crippen molar-refractivity contribution in [2.75, 3.05) is 0 Å². The zero-order chi connectivity index (χ0) is 10.3. The molecule has 0 atom stereocenters. The van der Waals surface area contributed by atoms with E-state index >= 15 is 0 Å². The molecule has 3 heteroatoms. The minimum Gasteiger partial charge on any atom is -0.456 e. The molecule has 0 bridgehead atoms. The van der Waals surface area contributed by atoms with Gasteiger partial charge in [0, 0.05) is 29.6 Å². The summed E-state index contributed by atoms with van der Waals surface area (Å²) in [5.74, 6) is 0. The first-order valence-corrected chi connectivity index (χ1v) is 4.77. The molecule has 1 heterocycles. The first-order valence-electron chi connectivity index (χ1n) is 4.77. The van der Waals surface area contributed by atoms with Gasteiger partial charge in [-0.25, -0.2) is 0 Å². The molecule has 2 aromatic carbocycles.